The number of carboxylic acid groups (broad SMARTS) is 1. The summed E-state index contributed by atoms with van der Waals surface area (Å²) in [5.41, 5.74) is 8.05. The van der Waals surface area contributed by atoms with Gasteiger partial charge in [0.05, 0.1) is 40.6 Å². The van der Waals surface area contributed by atoms with E-state index >= 15 is 0 Å². The predicted octanol–water partition coefficient (Wildman–Crippen LogP) is 8.16. The molecule has 93 heavy (non-hydrogen) atoms. The summed E-state index contributed by atoms with van der Waals surface area (Å²) in [6.45, 7) is 12.2. The van der Waals surface area contributed by atoms with Crippen LogP contribution in [0.5, 0.6) is 5.75 Å². The quantitative estimate of drug-likeness (QED) is 0.0412. The molecule has 7 amide bonds. The first kappa shape index (κ1) is 66.0. The van der Waals surface area contributed by atoms with Crippen LogP contribution in [0.25, 0.3) is 43.4 Å². The largest absolute Gasteiger partial charge is 0.508 e. The smallest absolute Gasteiger partial charge is 0.325 e. The van der Waals surface area contributed by atoms with Crippen LogP contribution in [-0.4, -0.2) is 110 Å². The fourth-order valence-electron chi connectivity index (χ4n) is 9.35. The predicted molar refractivity (Wildman–Crippen MR) is 351 cm³/mol. The highest BCUT2D eigenvalue weighted by atomic mass is 32.1. The van der Waals surface area contributed by atoms with Gasteiger partial charge in [-0.15, -0.1) is 68.0 Å². The van der Waals surface area contributed by atoms with Gasteiger partial charge in [-0.25, -0.2) is 34.9 Å². The monoisotopic (exact) mass is 1360 g/mol. The number of Topliss-reactive ketones (excluding diaryl/α,β-unsaturated/α-hetero) is 1. The van der Waals surface area contributed by atoms with E-state index < -0.39 is 88.8 Å². The van der Waals surface area contributed by atoms with Crippen LogP contribution in [0.3, 0.4) is 0 Å². The number of primary amides is 1. The lowest BCUT2D eigenvalue weighted by atomic mass is 9.94. The molecule has 7 aromatic heterocycles. The number of hydrogen-bond acceptors (Lipinski definition) is 23. The number of hydrogen-bond donors (Lipinski definition) is 9. The number of pyridine rings is 1. The van der Waals surface area contributed by atoms with E-state index in [0.29, 0.717) is 55.4 Å². The van der Waals surface area contributed by atoms with Gasteiger partial charge in [0, 0.05) is 56.6 Å². The average Bonchev–Trinajstić information content (AvgIpc) is 1.69. The van der Waals surface area contributed by atoms with Gasteiger partial charge in [-0.3, -0.25) is 43.2 Å². The number of fused-ring (bicyclic) bond motifs is 14. The van der Waals surface area contributed by atoms with Crippen molar-refractivity contribution in [3.8, 4) is 49.1 Å². The number of aromatic nitrogens is 7. The van der Waals surface area contributed by atoms with Crippen LogP contribution < -0.4 is 37.6 Å². The molecule has 31 heteroatoms. The molecule has 9 aromatic rings. The second kappa shape index (κ2) is 29.1. The number of carbonyl (C=O) groups excluding carboxylic acids is 8. The Bertz CT molecular complexity index is 4380. The molecule has 1 aliphatic heterocycles. The number of carboxylic acids is 1. The average molecular weight is 1370 g/mol. The maximum absolute atomic E-state index is 14.8. The van der Waals surface area contributed by atoms with Crippen LogP contribution in [-0.2, 0) is 36.8 Å². The van der Waals surface area contributed by atoms with Crippen molar-refractivity contribution >= 4 is 121 Å². The van der Waals surface area contributed by atoms with Crippen molar-refractivity contribution < 1.29 is 53.4 Å². The molecule has 0 aliphatic carbocycles. The van der Waals surface area contributed by atoms with Gasteiger partial charge >= 0.3 is 5.97 Å². The Kier molecular flexibility index (Phi) is 20.7. The summed E-state index contributed by atoms with van der Waals surface area (Å²) in [7, 11) is 0. The topological polar surface area (TPSA) is 383 Å². The van der Waals surface area contributed by atoms with Crippen molar-refractivity contribution in [1.29, 1.82) is 0 Å². The van der Waals surface area contributed by atoms with Crippen molar-refractivity contribution in [1.82, 2.24) is 66.8 Å². The first-order chi connectivity index (χ1) is 44.6. The number of rotatable bonds is 16. The standard InChI is InChI=1S/C62H56N14O11S6/c1-6-28(2)48-61-75-45(27-93-61)60-71-41(23-91-60)49-36(16-17-37(67-49)58-74-42(26-92-58)53(83)65-30(4)50(80)64-29(3)51(81)66-31(5)62(86)87)57-73-44(25-89-57)55(85)69-39(21-47(63)79)59-70-40(22-90-59)46(78)20-34(18-32-10-8-7-9-11-32)56-72-43(24-88-56)54(84)68-38(52(82)76-48)19-33-12-14-35(77)15-13-33/h7-17,22-28,31,34,38-39,48,77H,3-4,6,18-21H2,1-2,5H3,(H2,63,79)(H,64,80)(H,65,83)(H,66,81)(H,68,84)(H,69,85)(H,76,82)(H,86,87). The highest BCUT2D eigenvalue weighted by Crippen LogP contribution is 2.39. The lowest BCUT2D eigenvalue weighted by molar-refractivity contribution is -0.140. The summed E-state index contributed by atoms with van der Waals surface area (Å²) in [6, 6.07) is 15.0. The van der Waals surface area contributed by atoms with Crippen molar-refractivity contribution in [2.45, 2.75) is 83.0 Å². The number of aromatic hydroxyl groups is 1. The molecule has 0 saturated carbocycles. The third-order valence-corrected chi connectivity index (χ3v) is 20.1. The first-order valence-corrected chi connectivity index (χ1v) is 33.7. The zero-order valence-electron chi connectivity index (χ0n) is 49.5. The summed E-state index contributed by atoms with van der Waals surface area (Å²) in [4.78, 5) is 154. The second-order valence-corrected chi connectivity index (χ2v) is 26.5. The van der Waals surface area contributed by atoms with Gasteiger partial charge in [-0.1, -0.05) is 75.9 Å². The zero-order valence-corrected chi connectivity index (χ0v) is 54.4. The van der Waals surface area contributed by atoms with Crippen molar-refractivity contribution in [3.05, 3.63) is 172 Å². The minimum Gasteiger partial charge on any atom is -0.508 e. The lowest BCUT2D eigenvalue weighted by Crippen LogP contribution is -2.49. The van der Waals surface area contributed by atoms with Gasteiger partial charge in [0.1, 0.15) is 82.7 Å². The van der Waals surface area contributed by atoms with Crippen LogP contribution >= 0.6 is 68.0 Å². The van der Waals surface area contributed by atoms with Crippen LogP contribution in [0.2, 0.25) is 0 Å². The molecule has 0 radical (unpaired) electrons. The zero-order chi connectivity index (χ0) is 66.2. The van der Waals surface area contributed by atoms with Crippen molar-refractivity contribution in [2.24, 2.45) is 11.7 Å². The first-order valence-electron chi connectivity index (χ1n) is 28.4. The molecule has 10 rings (SSSR count). The Balaban J connectivity index is 1.00. The van der Waals surface area contributed by atoms with Crippen LogP contribution in [0.15, 0.2) is 124 Å². The number of phenols is 1. The maximum Gasteiger partial charge on any atom is 0.325 e. The lowest BCUT2D eigenvalue weighted by Gasteiger charge is -2.26. The fraction of sp³-hybridized carbons (Fsp3) is 0.226. The number of aliphatic carboxylic acids is 1. The molecule has 10 bridgehead atoms. The van der Waals surface area contributed by atoms with Gasteiger partial charge in [-0.05, 0) is 54.7 Å². The Morgan fingerprint density at radius 2 is 1.20 bits per heavy atom. The molecule has 2 aromatic carbocycles. The number of phenolic OH excluding ortho intramolecular Hbond substituents is 1. The number of benzene rings is 2. The van der Waals surface area contributed by atoms with Gasteiger partial charge in [-0.2, -0.15) is 0 Å². The molecule has 25 nitrogen and oxygen atoms in total. The number of nitrogens with zero attached hydrogens (tertiary/aromatic N) is 7. The molecular weight excluding hydrogens is 1310 g/mol. The Morgan fingerprint density at radius 1 is 0.613 bits per heavy atom. The van der Waals surface area contributed by atoms with Gasteiger partial charge in [0.2, 0.25) is 11.8 Å². The minimum absolute atomic E-state index is 0.0202. The highest BCUT2D eigenvalue weighted by Gasteiger charge is 2.33. The fourth-order valence-corrected chi connectivity index (χ4v) is 14.5. The van der Waals surface area contributed by atoms with E-state index in [0.717, 1.165) is 39.6 Å². The molecule has 0 spiro atoms. The molecule has 10 N–H and O–H groups in total. The molecule has 6 unspecified atom stereocenters. The molecule has 8 heterocycles. The number of amides is 7. The van der Waals surface area contributed by atoms with E-state index in [-0.39, 0.29) is 80.9 Å². The Labute approximate surface area is 553 Å². The van der Waals surface area contributed by atoms with Crippen LogP contribution in [0.4, 0.5) is 0 Å². The maximum atomic E-state index is 14.8. The summed E-state index contributed by atoms with van der Waals surface area (Å²) in [5, 5.41) is 46.8. The van der Waals surface area contributed by atoms with E-state index in [1.54, 1.807) is 35.0 Å². The van der Waals surface area contributed by atoms with Crippen LogP contribution in [0, 0.1) is 5.92 Å². The summed E-state index contributed by atoms with van der Waals surface area (Å²) in [6.07, 6.45) is 0.554. The van der Waals surface area contributed by atoms with Gasteiger partial charge < -0.3 is 47.8 Å². The third kappa shape index (κ3) is 16.1. The highest BCUT2D eigenvalue weighted by molar-refractivity contribution is 7.15. The number of nitrogens with one attached hydrogen (secondary N) is 6. The van der Waals surface area contributed by atoms with E-state index in [9.17, 15) is 48.3 Å². The molecule has 1 aliphatic rings. The SMILES string of the molecule is C=C(NC(=O)c1csc(-c2ccc3c(n2)-c2csc(n2)-c2csc(n2)C(C(C)CC)NC(=O)C(Cc2ccc(O)cc2)NC(=O)c2csc(n2)C(Cc2ccccc2)CC(=O)c2csc(n2)C(CC(N)=O)NC(=O)c2csc-3n2)n1)C(=O)NC(=C)C(=O)NC(C)C(=O)O. The van der Waals surface area contributed by atoms with Gasteiger partial charge in [0.15, 0.2) is 5.78 Å². The molecule has 0 saturated heterocycles. The minimum atomic E-state index is -1.32. The van der Waals surface area contributed by atoms with E-state index in [1.165, 1.54) is 69.2 Å². The summed E-state index contributed by atoms with van der Waals surface area (Å²) >= 11 is 6.98. The van der Waals surface area contributed by atoms with Crippen LogP contribution in [0.1, 0.15) is 126 Å². The van der Waals surface area contributed by atoms with E-state index in [1.807, 2.05) is 49.6 Å². The number of nitrogens with two attached hydrogens (primary N) is 1. The number of thiazole rings is 6. The van der Waals surface area contributed by atoms with Crippen molar-refractivity contribution in [2.75, 3.05) is 0 Å². The molecule has 476 valence electrons. The summed E-state index contributed by atoms with van der Waals surface area (Å²) in [5.74, 6) is -7.79. The normalized spacial score (nSPS) is 16.7. The number of carbonyl (C=O) groups is 9. The van der Waals surface area contributed by atoms with Crippen molar-refractivity contribution in [3.63, 3.8) is 0 Å². The molecular formula is C62H56N14O11S6. The third-order valence-electron chi connectivity index (χ3n) is 14.6. The number of ketones is 1. The summed E-state index contributed by atoms with van der Waals surface area (Å²) < 4.78 is 0. The van der Waals surface area contributed by atoms with Gasteiger partial charge in [0.25, 0.3) is 29.5 Å². The Morgan fingerprint density at radius 3 is 1.94 bits per heavy atom. The van der Waals surface area contributed by atoms with E-state index in [2.05, 4.69) is 55.0 Å². The molecule has 0 fully saturated rings. The van der Waals surface area contributed by atoms with E-state index in [4.69, 9.17) is 35.8 Å². The second-order valence-electron chi connectivity index (χ2n) is 21.3. The molecule has 6 atom stereocenters. The Hall–Kier alpha value is -9.92.